The zero-order valence-electron chi connectivity index (χ0n) is 15.8. The van der Waals surface area contributed by atoms with Crippen molar-refractivity contribution in [2.75, 3.05) is 5.32 Å². The van der Waals surface area contributed by atoms with Gasteiger partial charge in [0, 0.05) is 30.2 Å². The molecule has 140 valence electrons. The molecule has 0 unspecified atom stereocenters. The van der Waals surface area contributed by atoms with Crippen LogP contribution in [0.25, 0.3) is 0 Å². The monoisotopic (exact) mass is 365 g/mol. The van der Waals surface area contributed by atoms with Gasteiger partial charge in [0.25, 0.3) is 5.56 Å². The Bertz CT molecular complexity index is 1070. The minimum atomic E-state index is -0.469. The summed E-state index contributed by atoms with van der Waals surface area (Å²) in [5.74, 6) is 0.0921. The van der Waals surface area contributed by atoms with E-state index in [0.717, 1.165) is 11.3 Å². The van der Waals surface area contributed by atoms with Crippen molar-refractivity contribution in [3.8, 4) is 0 Å². The third-order valence-corrected chi connectivity index (χ3v) is 5.45. The van der Waals surface area contributed by atoms with E-state index in [0.29, 0.717) is 36.3 Å². The number of carbonyl (C=O) groups is 1. The number of hydrogen-bond acceptors (Lipinski definition) is 4. The fourth-order valence-electron chi connectivity index (χ4n) is 4.34. The first-order valence-electron chi connectivity index (χ1n) is 9.27. The zero-order chi connectivity index (χ0) is 19.3. The van der Waals surface area contributed by atoms with E-state index in [9.17, 15) is 14.4 Å². The highest BCUT2D eigenvalue weighted by Gasteiger charge is 2.42. The van der Waals surface area contributed by atoms with Crippen LogP contribution in [0.3, 0.4) is 0 Å². The number of nitrogens with one attached hydrogen (secondary N) is 2. The zero-order valence-corrected chi connectivity index (χ0v) is 15.8. The number of aromatic amines is 1. The number of allylic oxidation sites excluding steroid dienone is 2. The molecule has 2 aromatic rings. The number of carbonyl (C=O) groups excluding carboxylic acids is 1. The molecule has 2 heterocycles. The van der Waals surface area contributed by atoms with Crippen LogP contribution in [0.15, 0.2) is 51.2 Å². The number of ketones is 1. The first kappa shape index (κ1) is 17.5. The molecule has 1 aliphatic heterocycles. The van der Waals surface area contributed by atoms with Crippen molar-refractivity contribution in [3.63, 3.8) is 0 Å². The highest BCUT2D eigenvalue weighted by molar-refractivity contribution is 6.01. The van der Waals surface area contributed by atoms with Crippen LogP contribution >= 0.6 is 0 Å². The highest BCUT2D eigenvalue weighted by atomic mass is 16.2. The second-order valence-corrected chi connectivity index (χ2v) is 8.07. The Hall–Kier alpha value is -2.89. The lowest BCUT2D eigenvalue weighted by atomic mass is 9.69. The molecular weight excluding hydrogens is 342 g/mol. The van der Waals surface area contributed by atoms with Crippen molar-refractivity contribution in [1.29, 1.82) is 0 Å². The standard InChI is InChI=1S/C21H23N3O3/c1-4-24-18-17(19(26)23-20(24)27)15(12-8-6-5-7-9-12)16-13(22-18)10-21(2,3)11-14(16)25/h5-9,15,22H,4,10-11H2,1-3H3,(H,23,26,27)/t15-/m0/s1. The van der Waals surface area contributed by atoms with E-state index < -0.39 is 17.2 Å². The SMILES string of the molecule is CCn1c2c(c(=O)[nH]c1=O)[C@@H](c1ccccc1)C1=C(CC(C)(C)CC1=O)N2. The Morgan fingerprint density at radius 2 is 1.81 bits per heavy atom. The lowest BCUT2D eigenvalue weighted by Gasteiger charge is -2.39. The van der Waals surface area contributed by atoms with Gasteiger partial charge in [-0.25, -0.2) is 4.79 Å². The molecule has 1 aromatic carbocycles. The van der Waals surface area contributed by atoms with E-state index >= 15 is 0 Å². The maximum absolute atomic E-state index is 13.1. The predicted molar refractivity (Wildman–Crippen MR) is 104 cm³/mol. The maximum atomic E-state index is 13.1. The van der Waals surface area contributed by atoms with Crippen molar-refractivity contribution in [2.45, 2.75) is 46.1 Å². The van der Waals surface area contributed by atoms with Crippen LogP contribution in [0, 0.1) is 5.41 Å². The summed E-state index contributed by atoms with van der Waals surface area (Å²) in [6.45, 7) is 6.41. The van der Waals surface area contributed by atoms with E-state index in [1.807, 2.05) is 37.3 Å². The number of rotatable bonds is 2. The van der Waals surface area contributed by atoms with Gasteiger partial charge >= 0.3 is 5.69 Å². The van der Waals surface area contributed by atoms with Crippen LogP contribution < -0.4 is 16.6 Å². The van der Waals surface area contributed by atoms with Gasteiger partial charge in [-0.2, -0.15) is 0 Å². The number of aromatic nitrogens is 2. The molecule has 0 radical (unpaired) electrons. The van der Waals surface area contributed by atoms with Crippen LogP contribution in [0.1, 0.15) is 50.7 Å². The number of H-pyrrole nitrogens is 1. The van der Waals surface area contributed by atoms with E-state index in [2.05, 4.69) is 24.1 Å². The summed E-state index contributed by atoms with van der Waals surface area (Å²) in [7, 11) is 0. The molecule has 6 nitrogen and oxygen atoms in total. The molecule has 6 heteroatoms. The molecule has 0 bridgehead atoms. The maximum Gasteiger partial charge on any atom is 0.329 e. The van der Waals surface area contributed by atoms with Crippen molar-refractivity contribution in [2.24, 2.45) is 5.41 Å². The van der Waals surface area contributed by atoms with Gasteiger partial charge in [-0.05, 0) is 24.3 Å². The van der Waals surface area contributed by atoms with Crippen LogP contribution in [-0.4, -0.2) is 15.3 Å². The average Bonchev–Trinajstić information content (AvgIpc) is 2.60. The molecule has 4 rings (SSSR count). The lowest BCUT2D eigenvalue weighted by Crippen LogP contribution is -2.41. The fraction of sp³-hybridized carbons (Fsp3) is 0.381. The second-order valence-electron chi connectivity index (χ2n) is 8.07. The summed E-state index contributed by atoms with van der Waals surface area (Å²) in [5.41, 5.74) is 1.75. The van der Waals surface area contributed by atoms with E-state index in [1.165, 1.54) is 4.57 Å². The Balaban J connectivity index is 2.06. The number of fused-ring (bicyclic) bond motifs is 1. The fourth-order valence-corrected chi connectivity index (χ4v) is 4.34. The van der Waals surface area contributed by atoms with Crippen molar-refractivity contribution >= 4 is 11.6 Å². The summed E-state index contributed by atoms with van der Waals surface area (Å²) in [6.07, 6.45) is 1.14. The van der Waals surface area contributed by atoms with Gasteiger partial charge in [-0.15, -0.1) is 0 Å². The molecule has 0 saturated carbocycles. The van der Waals surface area contributed by atoms with Crippen molar-refractivity contribution in [3.05, 3.63) is 73.6 Å². The van der Waals surface area contributed by atoms with Crippen LogP contribution in [0.4, 0.5) is 5.82 Å². The summed E-state index contributed by atoms with van der Waals surface area (Å²) >= 11 is 0. The third kappa shape index (κ3) is 2.76. The summed E-state index contributed by atoms with van der Waals surface area (Å²) in [6, 6.07) is 9.57. The van der Waals surface area contributed by atoms with Crippen LogP contribution in [0.2, 0.25) is 0 Å². The molecule has 1 aromatic heterocycles. The molecule has 27 heavy (non-hydrogen) atoms. The third-order valence-electron chi connectivity index (χ3n) is 5.45. The predicted octanol–water partition coefficient (Wildman–Crippen LogP) is 2.76. The van der Waals surface area contributed by atoms with Crippen LogP contribution in [-0.2, 0) is 11.3 Å². The number of hydrogen-bond donors (Lipinski definition) is 2. The number of anilines is 1. The van der Waals surface area contributed by atoms with E-state index in [4.69, 9.17) is 0 Å². The number of benzene rings is 1. The summed E-state index contributed by atoms with van der Waals surface area (Å²) < 4.78 is 1.53. The lowest BCUT2D eigenvalue weighted by molar-refractivity contribution is -0.118. The molecule has 2 aliphatic rings. The van der Waals surface area contributed by atoms with Gasteiger partial charge in [0.15, 0.2) is 5.78 Å². The molecule has 2 N–H and O–H groups in total. The Morgan fingerprint density at radius 1 is 1.11 bits per heavy atom. The first-order chi connectivity index (χ1) is 12.8. The molecule has 1 atom stereocenters. The molecular formula is C21H23N3O3. The van der Waals surface area contributed by atoms with Crippen LogP contribution in [0.5, 0.6) is 0 Å². The van der Waals surface area contributed by atoms with Gasteiger partial charge in [0.2, 0.25) is 0 Å². The average molecular weight is 365 g/mol. The number of Topliss-reactive ketones (excluding diaryl/α,β-unsaturated/α-hetero) is 1. The first-order valence-corrected chi connectivity index (χ1v) is 9.27. The van der Waals surface area contributed by atoms with Gasteiger partial charge in [0.1, 0.15) is 5.82 Å². The molecule has 0 fully saturated rings. The smallest absolute Gasteiger partial charge is 0.329 e. The van der Waals surface area contributed by atoms with Gasteiger partial charge in [-0.3, -0.25) is 19.1 Å². The van der Waals surface area contributed by atoms with Crippen molar-refractivity contribution < 1.29 is 4.79 Å². The Labute approximate surface area is 156 Å². The quantitative estimate of drug-likeness (QED) is 0.857. The molecule has 0 saturated heterocycles. The second kappa shape index (κ2) is 6.08. The normalized spacial score (nSPS) is 20.7. The molecule has 0 amide bonds. The molecule has 0 spiro atoms. The minimum Gasteiger partial charge on any atom is -0.344 e. The summed E-state index contributed by atoms with van der Waals surface area (Å²) in [4.78, 5) is 40.6. The van der Waals surface area contributed by atoms with E-state index in [-0.39, 0.29) is 11.2 Å². The van der Waals surface area contributed by atoms with Gasteiger partial charge in [0.05, 0.1) is 5.56 Å². The largest absolute Gasteiger partial charge is 0.344 e. The molecule has 1 aliphatic carbocycles. The summed E-state index contributed by atoms with van der Waals surface area (Å²) in [5, 5.41) is 3.29. The highest BCUT2D eigenvalue weighted by Crippen LogP contribution is 2.47. The minimum absolute atomic E-state index is 0.0573. The Morgan fingerprint density at radius 3 is 2.48 bits per heavy atom. The van der Waals surface area contributed by atoms with Gasteiger partial charge < -0.3 is 5.32 Å². The van der Waals surface area contributed by atoms with E-state index in [1.54, 1.807) is 0 Å². The topological polar surface area (TPSA) is 84.0 Å². The Kier molecular flexibility index (Phi) is 3.94. The van der Waals surface area contributed by atoms with Crippen molar-refractivity contribution in [1.82, 2.24) is 9.55 Å². The van der Waals surface area contributed by atoms with Gasteiger partial charge in [-0.1, -0.05) is 44.2 Å². The number of nitrogens with zero attached hydrogens (tertiary/aromatic N) is 1.